The van der Waals surface area contributed by atoms with Gasteiger partial charge in [-0.1, -0.05) is 24.3 Å². The fraction of sp³-hybridized carbons (Fsp3) is 0.200. The number of carbonyl (C=O) groups is 2. The molecule has 0 unspecified atom stereocenters. The Morgan fingerprint density at radius 3 is 2.64 bits per heavy atom. The molecule has 1 amide bonds. The number of hydrogen-bond acceptors (Lipinski definition) is 6. The minimum absolute atomic E-state index is 0.0899. The van der Waals surface area contributed by atoms with Gasteiger partial charge in [-0.3, -0.25) is 24.2 Å². The van der Waals surface area contributed by atoms with Crippen LogP contribution in [0.25, 0.3) is 10.9 Å². The Labute approximate surface area is 191 Å². The van der Waals surface area contributed by atoms with Crippen LogP contribution < -0.4 is 5.32 Å². The fourth-order valence-electron chi connectivity index (χ4n) is 3.57. The highest BCUT2D eigenvalue weighted by Gasteiger charge is 2.20. The van der Waals surface area contributed by atoms with Gasteiger partial charge in [0.15, 0.2) is 0 Å². The van der Waals surface area contributed by atoms with Crippen LogP contribution in [0.3, 0.4) is 0 Å². The lowest BCUT2D eigenvalue weighted by atomic mass is 10.1. The molecule has 3 aromatic heterocycles. The van der Waals surface area contributed by atoms with Gasteiger partial charge in [0.05, 0.1) is 11.9 Å². The predicted molar refractivity (Wildman–Crippen MR) is 128 cm³/mol. The maximum atomic E-state index is 13.3. The summed E-state index contributed by atoms with van der Waals surface area (Å²) < 4.78 is 1.81. The number of fused-ring (bicyclic) bond motifs is 1. The third kappa shape index (κ3) is 4.85. The number of hydrogen-bond donors (Lipinski definition) is 1. The molecule has 0 aliphatic heterocycles. The lowest BCUT2D eigenvalue weighted by Crippen LogP contribution is -2.16. The van der Waals surface area contributed by atoms with Crippen molar-refractivity contribution in [3.05, 3.63) is 83.4 Å². The number of benzene rings is 1. The second-order valence-corrected chi connectivity index (χ2v) is 7.89. The Balaban J connectivity index is 1.53. The zero-order valence-corrected chi connectivity index (χ0v) is 18.7. The molecule has 33 heavy (non-hydrogen) atoms. The van der Waals surface area contributed by atoms with Gasteiger partial charge in [0.2, 0.25) is 11.7 Å². The Kier molecular flexibility index (Phi) is 6.35. The largest absolute Gasteiger partial charge is 0.310 e. The first-order valence-electron chi connectivity index (χ1n) is 10.6. The number of ketones is 1. The van der Waals surface area contributed by atoms with Crippen LogP contribution >= 0.6 is 0 Å². The van der Waals surface area contributed by atoms with E-state index >= 15 is 0 Å². The van der Waals surface area contributed by atoms with E-state index in [2.05, 4.69) is 25.4 Å². The summed E-state index contributed by atoms with van der Waals surface area (Å²) >= 11 is 0. The van der Waals surface area contributed by atoms with E-state index in [0.29, 0.717) is 22.5 Å². The van der Waals surface area contributed by atoms with Crippen molar-refractivity contribution in [2.24, 2.45) is 4.99 Å². The quantitative estimate of drug-likeness (QED) is 0.347. The number of rotatable bonds is 7. The highest BCUT2D eigenvalue weighted by molar-refractivity contribution is 6.15. The second kappa shape index (κ2) is 9.52. The molecular weight excluding hydrogens is 416 g/mol. The summed E-state index contributed by atoms with van der Waals surface area (Å²) in [6, 6.07) is 12.7. The molecule has 0 aliphatic carbocycles. The monoisotopic (exact) mass is 440 g/mol. The van der Waals surface area contributed by atoms with Crippen LogP contribution in [0.1, 0.15) is 47.1 Å². The highest BCUT2D eigenvalue weighted by Crippen LogP contribution is 2.23. The molecule has 4 aromatic rings. The third-order valence-electron chi connectivity index (χ3n) is 5.12. The number of nitrogens with zero attached hydrogens (tertiary/aromatic N) is 5. The van der Waals surface area contributed by atoms with Gasteiger partial charge in [-0.15, -0.1) is 0 Å². The topological polar surface area (TPSA) is 102 Å². The van der Waals surface area contributed by atoms with Crippen LogP contribution in [0.4, 0.5) is 5.82 Å². The summed E-state index contributed by atoms with van der Waals surface area (Å²) in [4.78, 5) is 38.1. The summed E-state index contributed by atoms with van der Waals surface area (Å²) in [7, 11) is 1.71. The van der Waals surface area contributed by atoms with Crippen molar-refractivity contribution in [3.63, 3.8) is 0 Å². The molecule has 0 atom stereocenters. The molecule has 0 bridgehead atoms. The molecule has 8 heteroatoms. The molecule has 0 saturated carbocycles. The number of anilines is 1. The number of amides is 1. The van der Waals surface area contributed by atoms with Crippen LogP contribution in [0, 0.1) is 0 Å². The van der Waals surface area contributed by atoms with E-state index in [-0.39, 0.29) is 24.2 Å². The van der Waals surface area contributed by atoms with Crippen molar-refractivity contribution in [1.29, 1.82) is 0 Å². The molecule has 3 heterocycles. The van der Waals surface area contributed by atoms with Crippen LogP contribution in [0.2, 0.25) is 0 Å². The zero-order chi connectivity index (χ0) is 23.4. The van der Waals surface area contributed by atoms with Gasteiger partial charge in [-0.25, -0.2) is 4.98 Å². The van der Waals surface area contributed by atoms with Crippen molar-refractivity contribution >= 4 is 34.6 Å². The Bertz CT molecular complexity index is 1340. The number of pyridine rings is 2. The zero-order valence-electron chi connectivity index (χ0n) is 18.7. The standard InChI is InChI=1S/C25H24N6O2/c1-16(2)31-21-9-10-27-15-20(21)24(30-31)25(33)19-8-11-28-22(13-19)29-23(32)12-17-4-6-18(7-5-17)14-26-3/h4-11,13-16H,12H2,1-3H3,(H,28,29,32). The van der Waals surface area contributed by atoms with Crippen LogP contribution in [-0.4, -0.2) is 44.7 Å². The lowest BCUT2D eigenvalue weighted by Gasteiger charge is -2.07. The average molecular weight is 441 g/mol. The van der Waals surface area contributed by atoms with Gasteiger partial charge in [0.25, 0.3) is 0 Å². The predicted octanol–water partition coefficient (Wildman–Crippen LogP) is 3.87. The number of aromatic nitrogens is 4. The Morgan fingerprint density at radius 1 is 1.12 bits per heavy atom. The van der Waals surface area contributed by atoms with Crippen LogP contribution in [0.15, 0.2) is 66.0 Å². The molecule has 1 N–H and O–H groups in total. The van der Waals surface area contributed by atoms with Crippen molar-refractivity contribution in [3.8, 4) is 0 Å². The van der Waals surface area contributed by atoms with E-state index in [4.69, 9.17) is 0 Å². The number of nitrogens with one attached hydrogen (secondary N) is 1. The maximum absolute atomic E-state index is 13.3. The summed E-state index contributed by atoms with van der Waals surface area (Å²) in [6.07, 6.45) is 6.78. The van der Waals surface area contributed by atoms with Crippen molar-refractivity contribution < 1.29 is 9.59 Å². The van der Waals surface area contributed by atoms with Crippen molar-refractivity contribution in [2.75, 3.05) is 12.4 Å². The molecule has 0 saturated heterocycles. The molecule has 4 rings (SSSR count). The minimum atomic E-state index is -0.251. The van der Waals surface area contributed by atoms with E-state index in [1.165, 1.54) is 6.20 Å². The summed E-state index contributed by atoms with van der Waals surface area (Å²) in [5.41, 5.74) is 3.40. The average Bonchev–Trinajstić information content (AvgIpc) is 3.20. The molecule has 0 fully saturated rings. The molecule has 0 spiro atoms. The van der Waals surface area contributed by atoms with Gasteiger partial charge in [0.1, 0.15) is 11.5 Å². The van der Waals surface area contributed by atoms with Crippen molar-refractivity contribution in [2.45, 2.75) is 26.3 Å². The Hall–Kier alpha value is -4.20. The molecule has 166 valence electrons. The first-order chi connectivity index (χ1) is 16.0. The van der Waals surface area contributed by atoms with Crippen LogP contribution in [0.5, 0.6) is 0 Å². The van der Waals surface area contributed by atoms with E-state index in [9.17, 15) is 9.59 Å². The molecule has 0 radical (unpaired) electrons. The Morgan fingerprint density at radius 2 is 1.91 bits per heavy atom. The van der Waals surface area contributed by atoms with Gasteiger partial charge >= 0.3 is 0 Å². The molecular formula is C25H24N6O2. The maximum Gasteiger partial charge on any atom is 0.229 e. The van der Waals surface area contributed by atoms with E-state index in [0.717, 1.165) is 16.6 Å². The first-order valence-corrected chi connectivity index (χ1v) is 10.6. The normalized spacial score (nSPS) is 11.4. The lowest BCUT2D eigenvalue weighted by molar-refractivity contribution is -0.115. The van der Waals surface area contributed by atoms with E-state index in [1.807, 2.05) is 48.9 Å². The number of aliphatic imine (C=N–C) groups is 1. The third-order valence-corrected chi connectivity index (χ3v) is 5.12. The van der Waals surface area contributed by atoms with Gasteiger partial charge in [0, 0.05) is 48.8 Å². The van der Waals surface area contributed by atoms with Crippen molar-refractivity contribution in [1.82, 2.24) is 19.7 Å². The second-order valence-electron chi connectivity index (χ2n) is 7.89. The highest BCUT2D eigenvalue weighted by atomic mass is 16.1. The summed E-state index contributed by atoms with van der Waals surface area (Å²) in [5.74, 6) is -0.160. The smallest absolute Gasteiger partial charge is 0.229 e. The number of carbonyl (C=O) groups excluding carboxylic acids is 2. The van der Waals surface area contributed by atoms with E-state index in [1.54, 1.807) is 37.8 Å². The van der Waals surface area contributed by atoms with Gasteiger partial charge < -0.3 is 5.32 Å². The van der Waals surface area contributed by atoms with E-state index < -0.39 is 0 Å². The SMILES string of the molecule is CN=Cc1ccc(CC(=O)Nc2cc(C(=O)c3nn(C(C)C)c4ccncc34)ccn2)cc1. The fourth-order valence-corrected chi connectivity index (χ4v) is 3.57. The van der Waals surface area contributed by atoms with Gasteiger partial charge in [-0.05, 0) is 43.2 Å². The molecule has 8 nitrogen and oxygen atoms in total. The minimum Gasteiger partial charge on any atom is -0.310 e. The first kappa shape index (κ1) is 22.0. The summed E-state index contributed by atoms with van der Waals surface area (Å²) in [6.45, 7) is 4.01. The molecule has 1 aromatic carbocycles. The van der Waals surface area contributed by atoms with Gasteiger partial charge in [-0.2, -0.15) is 5.10 Å². The van der Waals surface area contributed by atoms with Crippen LogP contribution in [-0.2, 0) is 11.2 Å². The molecule has 0 aliphatic rings. The summed E-state index contributed by atoms with van der Waals surface area (Å²) in [5, 5.41) is 8.00.